The van der Waals surface area contributed by atoms with E-state index in [1.165, 1.54) is 12.3 Å². The van der Waals surface area contributed by atoms with Crippen molar-refractivity contribution in [2.75, 3.05) is 0 Å². The molecule has 0 unspecified atom stereocenters. The predicted octanol–water partition coefficient (Wildman–Crippen LogP) is 4.11. The minimum absolute atomic E-state index is 0.159. The van der Waals surface area contributed by atoms with E-state index in [4.69, 9.17) is 27.6 Å². The normalized spacial score (nSPS) is 10.9. The lowest BCUT2D eigenvalue weighted by Crippen LogP contribution is -2.16. The van der Waals surface area contributed by atoms with Gasteiger partial charge in [0.1, 0.15) is 0 Å². The third-order valence-electron chi connectivity index (χ3n) is 2.13. The molecule has 0 saturated heterocycles. The van der Waals surface area contributed by atoms with Gasteiger partial charge in [0.15, 0.2) is 10.4 Å². The Kier molecular flexibility index (Phi) is 4.63. The zero-order chi connectivity index (χ0) is 13.8. The van der Waals surface area contributed by atoms with Crippen molar-refractivity contribution >= 4 is 51.3 Å². The minimum Gasteiger partial charge on any atom is -0.444 e. The molecule has 1 heterocycles. The van der Waals surface area contributed by atoms with Crippen molar-refractivity contribution in [2.24, 2.45) is 5.10 Å². The van der Waals surface area contributed by atoms with Crippen LogP contribution in [0.2, 0.25) is 10.0 Å². The average molecular weight is 362 g/mol. The molecule has 4 nitrogen and oxygen atoms in total. The maximum Gasteiger partial charge on any atom is 0.307 e. The highest BCUT2D eigenvalue weighted by Gasteiger charge is 2.08. The molecule has 0 radical (unpaired) electrons. The molecular formula is C12H7BrCl2N2O2. The Morgan fingerprint density at radius 2 is 2.11 bits per heavy atom. The molecule has 98 valence electrons. The Hall–Kier alpha value is -1.30. The van der Waals surface area contributed by atoms with Gasteiger partial charge >= 0.3 is 5.91 Å². The average Bonchev–Trinajstić information content (AvgIpc) is 2.78. The maximum atomic E-state index is 11.6. The molecule has 0 spiro atoms. The number of nitrogens with zero attached hydrogens (tertiary/aromatic N) is 1. The Bertz CT molecular complexity index is 640. The topological polar surface area (TPSA) is 54.6 Å². The van der Waals surface area contributed by atoms with E-state index in [1.54, 1.807) is 24.3 Å². The number of benzene rings is 1. The van der Waals surface area contributed by atoms with Gasteiger partial charge < -0.3 is 4.42 Å². The molecule has 7 heteroatoms. The van der Waals surface area contributed by atoms with E-state index in [-0.39, 0.29) is 5.76 Å². The zero-order valence-corrected chi connectivity index (χ0v) is 12.5. The largest absolute Gasteiger partial charge is 0.444 e. The van der Waals surface area contributed by atoms with Gasteiger partial charge in [0.05, 0.1) is 11.2 Å². The van der Waals surface area contributed by atoms with Crippen LogP contribution in [0, 0.1) is 0 Å². The third-order valence-corrected chi connectivity index (χ3v) is 3.12. The molecule has 0 aliphatic carbocycles. The quantitative estimate of drug-likeness (QED) is 0.660. The van der Waals surface area contributed by atoms with Crippen LogP contribution in [0.5, 0.6) is 0 Å². The number of hydrogen-bond acceptors (Lipinski definition) is 3. The fourth-order valence-electron chi connectivity index (χ4n) is 1.26. The molecule has 0 atom stereocenters. The summed E-state index contributed by atoms with van der Waals surface area (Å²) in [7, 11) is 0. The first kappa shape index (κ1) is 14.1. The van der Waals surface area contributed by atoms with Gasteiger partial charge in [-0.25, -0.2) is 5.43 Å². The summed E-state index contributed by atoms with van der Waals surface area (Å²) in [6.45, 7) is 0. The standard InChI is InChI=1S/C12H7BrCl2N2O2/c13-11-4-3-10(19-11)12(18)17-16-6-7-1-2-8(14)5-9(7)15/h1-6H,(H,17,18)/b16-6-. The van der Waals surface area contributed by atoms with Crippen LogP contribution in [0.1, 0.15) is 16.1 Å². The van der Waals surface area contributed by atoms with Crippen molar-refractivity contribution in [3.8, 4) is 0 Å². The number of halogens is 3. The number of rotatable bonds is 3. The first-order valence-electron chi connectivity index (χ1n) is 5.10. The molecular weight excluding hydrogens is 355 g/mol. The first-order chi connectivity index (χ1) is 9.06. The summed E-state index contributed by atoms with van der Waals surface area (Å²) in [5, 5.41) is 4.77. The zero-order valence-electron chi connectivity index (χ0n) is 9.36. The lowest BCUT2D eigenvalue weighted by Gasteiger charge is -1.98. The van der Waals surface area contributed by atoms with Crippen LogP contribution in [-0.2, 0) is 0 Å². The summed E-state index contributed by atoms with van der Waals surface area (Å²) < 4.78 is 5.55. The van der Waals surface area contributed by atoms with Crippen molar-refractivity contribution in [3.63, 3.8) is 0 Å². The fraction of sp³-hybridized carbons (Fsp3) is 0. The van der Waals surface area contributed by atoms with Gasteiger partial charge in [-0.05, 0) is 40.2 Å². The second-order valence-corrected chi connectivity index (χ2v) is 5.09. The SMILES string of the molecule is O=C(N/N=C\c1ccc(Cl)cc1Cl)c1ccc(Br)o1. The van der Waals surface area contributed by atoms with Crippen molar-refractivity contribution in [1.82, 2.24) is 5.43 Å². The van der Waals surface area contributed by atoms with Gasteiger partial charge in [-0.1, -0.05) is 29.3 Å². The summed E-state index contributed by atoms with van der Waals surface area (Å²) in [5.41, 5.74) is 2.97. The number of carbonyl (C=O) groups excluding carboxylic acids is 1. The van der Waals surface area contributed by atoms with Crippen molar-refractivity contribution in [3.05, 3.63) is 56.4 Å². The molecule has 1 amide bonds. The van der Waals surface area contributed by atoms with E-state index in [0.29, 0.717) is 20.3 Å². The molecule has 19 heavy (non-hydrogen) atoms. The van der Waals surface area contributed by atoms with E-state index >= 15 is 0 Å². The molecule has 1 aromatic carbocycles. The number of furan rings is 1. The molecule has 1 aromatic heterocycles. The first-order valence-corrected chi connectivity index (χ1v) is 6.65. The van der Waals surface area contributed by atoms with E-state index in [0.717, 1.165) is 0 Å². The second-order valence-electron chi connectivity index (χ2n) is 3.47. The third kappa shape index (κ3) is 3.83. The Balaban J connectivity index is 2.02. The molecule has 0 aliphatic rings. The molecule has 0 saturated carbocycles. The van der Waals surface area contributed by atoms with Crippen molar-refractivity contribution in [2.45, 2.75) is 0 Å². The van der Waals surface area contributed by atoms with Gasteiger partial charge in [0, 0.05) is 10.6 Å². The highest BCUT2D eigenvalue weighted by atomic mass is 79.9. The Labute approximate surface area is 127 Å². The number of hydrazone groups is 1. The highest BCUT2D eigenvalue weighted by molar-refractivity contribution is 9.10. The van der Waals surface area contributed by atoms with Gasteiger partial charge in [-0.3, -0.25) is 4.79 Å². The predicted molar refractivity (Wildman–Crippen MR) is 77.9 cm³/mol. The van der Waals surface area contributed by atoms with E-state index in [9.17, 15) is 4.79 Å². The van der Waals surface area contributed by atoms with E-state index < -0.39 is 5.91 Å². The highest BCUT2D eigenvalue weighted by Crippen LogP contribution is 2.19. The number of amides is 1. The number of nitrogens with one attached hydrogen (secondary N) is 1. The van der Waals surface area contributed by atoms with Gasteiger partial charge in [-0.2, -0.15) is 5.10 Å². The molecule has 0 fully saturated rings. The van der Waals surface area contributed by atoms with Gasteiger partial charge in [0.2, 0.25) is 0 Å². The Morgan fingerprint density at radius 3 is 2.74 bits per heavy atom. The molecule has 0 aliphatic heterocycles. The molecule has 0 bridgehead atoms. The monoisotopic (exact) mass is 360 g/mol. The van der Waals surface area contributed by atoms with Gasteiger partial charge in [0.25, 0.3) is 0 Å². The number of carbonyl (C=O) groups is 1. The van der Waals surface area contributed by atoms with E-state index in [2.05, 4.69) is 26.5 Å². The Morgan fingerprint density at radius 1 is 1.32 bits per heavy atom. The summed E-state index contributed by atoms with van der Waals surface area (Å²) >= 11 is 14.8. The van der Waals surface area contributed by atoms with Crippen LogP contribution in [0.25, 0.3) is 0 Å². The second kappa shape index (κ2) is 6.23. The minimum atomic E-state index is -0.452. The summed E-state index contributed by atoms with van der Waals surface area (Å²) in [4.78, 5) is 11.6. The van der Waals surface area contributed by atoms with Crippen LogP contribution in [0.4, 0.5) is 0 Å². The van der Waals surface area contributed by atoms with Crippen molar-refractivity contribution in [1.29, 1.82) is 0 Å². The van der Waals surface area contributed by atoms with Gasteiger partial charge in [-0.15, -0.1) is 0 Å². The summed E-state index contributed by atoms with van der Waals surface area (Å²) in [6, 6.07) is 8.12. The fourth-order valence-corrected chi connectivity index (χ4v) is 2.02. The van der Waals surface area contributed by atoms with E-state index in [1.807, 2.05) is 0 Å². The van der Waals surface area contributed by atoms with Crippen LogP contribution in [0.15, 0.2) is 44.5 Å². The van der Waals surface area contributed by atoms with Crippen LogP contribution >= 0.6 is 39.1 Å². The molecule has 1 N–H and O–H groups in total. The maximum absolute atomic E-state index is 11.6. The molecule has 2 rings (SSSR count). The summed E-state index contributed by atoms with van der Waals surface area (Å²) in [6.07, 6.45) is 1.43. The van der Waals surface area contributed by atoms with Crippen LogP contribution in [-0.4, -0.2) is 12.1 Å². The smallest absolute Gasteiger partial charge is 0.307 e. The van der Waals surface area contributed by atoms with Crippen molar-refractivity contribution < 1.29 is 9.21 Å². The molecule has 2 aromatic rings. The van der Waals surface area contributed by atoms with Crippen LogP contribution in [0.3, 0.4) is 0 Å². The number of hydrogen-bond donors (Lipinski definition) is 1. The summed E-state index contributed by atoms with van der Waals surface area (Å²) in [5.74, 6) is -0.293. The lowest BCUT2D eigenvalue weighted by atomic mass is 10.2. The van der Waals surface area contributed by atoms with Crippen LogP contribution < -0.4 is 5.43 Å². The lowest BCUT2D eigenvalue weighted by molar-refractivity contribution is 0.0926.